The van der Waals surface area contributed by atoms with E-state index >= 15 is 0 Å². The van der Waals surface area contributed by atoms with E-state index in [0.717, 1.165) is 5.06 Å². The number of hydrogen-bond donors (Lipinski definition) is 1. The number of aliphatic hydroxyl groups excluding tert-OH is 1. The molecule has 1 unspecified atom stereocenters. The average molecular weight is 173 g/mol. The molecule has 0 aliphatic rings. The molecule has 0 rings (SSSR count). The number of allylic oxidation sites excluding steroid dienone is 1. The summed E-state index contributed by atoms with van der Waals surface area (Å²) in [6.07, 6.45) is 2.58. The van der Waals surface area contributed by atoms with Crippen LogP contribution in [0.1, 0.15) is 13.3 Å². The Hall–Kier alpha value is -0.870. The molecule has 0 heterocycles. The summed E-state index contributed by atoms with van der Waals surface area (Å²) in [5, 5.41) is 10.3. The fourth-order valence-electron chi connectivity index (χ4n) is 0.699. The van der Waals surface area contributed by atoms with Crippen molar-refractivity contribution in [1.82, 2.24) is 5.06 Å². The highest BCUT2D eigenvalue weighted by molar-refractivity contribution is 5.75. The SMILES string of the molecule is C/C=C/C(O)CC(=O)N(C)OC. The molecule has 0 aromatic carbocycles. The lowest BCUT2D eigenvalue weighted by molar-refractivity contribution is -0.170. The van der Waals surface area contributed by atoms with Crippen molar-refractivity contribution < 1.29 is 14.7 Å². The molecule has 0 aromatic rings. The van der Waals surface area contributed by atoms with Crippen molar-refractivity contribution in [3.05, 3.63) is 12.2 Å². The van der Waals surface area contributed by atoms with Crippen molar-refractivity contribution in [1.29, 1.82) is 0 Å². The van der Waals surface area contributed by atoms with Crippen molar-refractivity contribution in [3.8, 4) is 0 Å². The minimum Gasteiger partial charge on any atom is -0.389 e. The number of rotatable bonds is 4. The van der Waals surface area contributed by atoms with Crippen LogP contribution in [-0.4, -0.2) is 36.3 Å². The van der Waals surface area contributed by atoms with Crippen LogP contribution < -0.4 is 0 Å². The van der Waals surface area contributed by atoms with Crippen molar-refractivity contribution in [2.45, 2.75) is 19.4 Å². The number of aliphatic hydroxyl groups is 1. The zero-order chi connectivity index (χ0) is 9.56. The second-order valence-corrected chi connectivity index (χ2v) is 2.37. The second kappa shape index (κ2) is 5.74. The van der Waals surface area contributed by atoms with Gasteiger partial charge in [0.1, 0.15) is 0 Å². The third-order valence-electron chi connectivity index (χ3n) is 1.42. The molecule has 0 aromatic heterocycles. The fourth-order valence-corrected chi connectivity index (χ4v) is 0.699. The molecule has 70 valence electrons. The number of hydroxylamine groups is 2. The zero-order valence-electron chi connectivity index (χ0n) is 7.65. The maximum Gasteiger partial charge on any atom is 0.248 e. The molecule has 4 nitrogen and oxygen atoms in total. The highest BCUT2D eigenvalue weighted by Gasteiger charge is 2.11. The van der Waals surface area contributed by atoms with Crippen LogP contribution in [0, 0.1) is 0 Å². The summed E-state index contributed by atoms with van der Waals surface area (Å²) in [6, 6.07) is 0. The van der Waals surface area contributed by atoms with Crippen LogP contribution in [-0.2, 0) is 9.63 Å². The number of hydrogen-bond acceptors (Lipinski definition) is 3. The molecule has 0 aliphatic heterocycles. The molecule has 0 saturated carbocycles. The van der Waals surface area contributed by atoms with E-state index < -0.39 is 6.10 Å². The van der Waals surface area contributed by atoms with Crippen molar-refractivity contribution in [2.75, 3.05) is 14.2 Å². The first-order chi connectivity index (χ1) is 5.61. The van der Waals surface area contributed by atoms with Gasteiger partial charge in [0.2, 0.25) is 5.91 Å². The lowest BCUT2D eigenvalue weighted by Gasteiger charge is -2.14. The van der Waals surface area contributed by atoms with Gasteiger partial charge in [-0.05, 0) is 6.92 Å². The lowest BCUT2D eigenvalue weighted by Crippen LogP contribution is -2.28. The van der Waals surface area contributed by atoms with E-state index in [-0.39, 0.29) is 12.3 Å². The van der Waals surface area contributed by atoms with Gasteiger partial charge in [0.25, 0.3) is 0 Å². The highest BCUT2D eigenvalue weighted by atomic mass is 16.7. The summed E-state index contributed by atoms with van der Waals surface area (Å²) in [6.45, 7) is 1.79. The summed E-state index contributed by atoms with van der Waals surface area (Å²) in [5.74, 6) is -0.247. The Bertz CT molecular complexity index is 168. The minimum atomic E-state index is -0.722. The van der Waals surface area contributed by atoms with Gasteiger partial charge in [0, 0.05) is 7.05 Å². The molecule has 1 atom stereocenters. The van der Waals surface area contributed by atoms with Gasteiger partial charge in [-0.25, -0.2) is 5.06 Å². The van der Waals surface area contributed by atoms with E-state index in [1.165, 1.54) is 14.2 Å². The summed E-state index contributed by atoms with van der Waals surface area (Å²) in [4.78, 5) is 15.7. The summed E-state index contributed by atoms with van der Waals surface area (Å²) < 4.78 is 0. The second-order valence-electron chi connectivity index (χ2n) is 2.37. The third kappa shape index (κ3) is 4.10. The molecule has 12 heavy (non-hydrogen) atoms. The third-order valence-corrected chi connectivity index (χ3v) is 1.42. The van der Waals surface area contributed by atoms with Crippen LogP contribution >= 0.6 is 0 Å². The first-order valence-corrected chi connectivity index (χ1v) is 3.73. The Morgan fingerprint density at radius 1 is 1.75 bits per heavy atom. The molecule has 0 fully saturated rings. The van der Waals surface area contributed by atoms with E-state index in [2.05, 4.69) is 4.84 Å². The standard InChI is InChI=1S/C8H15NO3/c1-4-5-7(10)6-8(11)9(2)12-3/h4-5,7,10H,6H2,1-3H3/b5-4+. The van der Waals surface area contributed by atoms with Crippen molar-refractivity contribution in [2.24, 2.45) is 0 Å². The van der Waals surface area contributed by atoms with Crippen LogP contribution in [0.15, 0.2) is 12.2 Å². The van der Waals surface area contributed by atoms with E-state index in [9.17, 15) is 9.90 Å². The predicted molar refractivity (Wildman–Crippen MR) is 45.2 cm³/mol. The quantitative estimate of drug-likeness (QED) is 0.492. The van der Waals surface area contributed by atoms with Gasteiger partial charge < -0.3 is 5.11 Å². The fraction of sp³-hybridized carbons (Fsp3) is 0.625. The van der Waals surface area contributed by atoms with Gasteiger partial charge in [0.15, 0.2) is 0 Å². The maximum atomic E-state index is 11.1. The largest absolute Gasteiger partial charge is 0.389 e. The molecule has 0 aliphatic carbocycles. The smallest absolute Gasteiger partial charge is 0.248 e. The molecular formula is C8H15NO3. The van der Waals surface area contributed by atoms with Gasteiger partial charge in [0.05, 0.1) is 19.6 Å². The Morgan fingerprint density at radius 3 is 2.75 bits per heavy atom. The van der Waals surface area contributed by atoms with Crippen molar-refractivity contribution in [3.63, 3.8) is 0 Å². The Morgan fingerprint density at radius 2 is 2.33 bits per heavy atom. The van der Waals surface area contributed by atoms with Crippen LogP contribution in [0.4, 0.5) is 0 Å². The predicted octanol–water partition coefficient (Wildman–Crippen LogP) is 0.333. The highest BCUT2D eigenvalue weighted by Crippen LogP contribution is 1.98. The van der Waals surface area contributed by atoms with Gasteiger partial charge in [-0.1, -0.05) is 12.2 Å². The molecule has 0 radical (unpaired) electrons. The monoisotopic (exact) mass is 173 g/mol. The van der Waals surface area contributed by atoms with Gasteiger partial charge in [-0.2, -0.15) is 0 Å². The van der Waals surface area contributed by atoms with Crippen LogP contribution in [0.3, 0.4) is 0 Å². The minimum absolute atomic E-state index is 0.0503. The summed E-state index contributed by atoms with van der Waals surface area (Å²) in [7, 11) is 2.91. The van der Waals surface area contributed by atoms with Gasteiger partial charge in [-0.15, -0.1) is 0 Å². The zero-order valence-corrected chi connectivity index (χ0v) is 7.65. The maximum absolute atomic E-state index is 11.1. The Balaban J connectivity index is 3.83. The van der Waals surface area contributed by atoms with E-state index in [0.29, 0.717) is 0 Å². The van der Waals surface area contributed by atoms with Gasteiger partial charge in [-0.3, -0.25) is 9.63 Å². The summed E-state index contributed by atoms with van der Waals surface area (Å²) >= 11 is 0. The Kier molecular flexibility index (Phi) is 5.32. The summed E-state index contributed by atoms with van der Waals surface area (Å²) in [5.41, 5.74) is 0. The normalized spacial score (nSPS) is 13.3. The molecule has 1 amide bonds. The molecule has 1 N–H and O–H groups in total. The molecule has 0 saturated heterocycles. The van der Waals surface area contributed by atoms with E-state index in [1.807, 2.05) is 0 Å². The molecule has 4 heteroatoms. The van der Waals surface area contributed by atoms with Crippen LogP contribution in [0.2, 0.25) is 0 Å². The number of carbonyl (C=O) groups is 1. The van der Waals surface area contributed by atoms with Crippen LogP contribution in [0.25, 0.3) is 0 Å². The molecule has 0 spiro atoms. The van der Waals surface area contributed by atoms with E-state index in [1.54, 1.807) is 19.1 Å². The average Bonchev–Trinajstić information content (AvgIpc) is 2.03. The van der Waals surface area contributed by atoms with Crippen LogP contribution in [0.5, 0.6) is 0 Å². The lowest BCUT2D eigenvalue weighted by atomic mass is 10.2. The topological polar surface area (TPSA) is 49.8 Å². The first kappa shape index (κ1) is 11.1. The number of amides is 1. The first-order valence-electron chi connectivity index (χ1n) is 3.73. The van der Waals surface area contributed by atoms with Crippen molar-refractivity contribution >= 4 is 5.91 Å². The number of carbonyl (C=O) groups excluding carboxylic acids is 1. The van der Waals surface area contributed by atoms with E-state index in [4.69, 9.17) is 0 Å². The Labute approximate surface area is 72.4 Å². The molecular weight excluding hydrogens is 158 g/mol. The number of nitrogens with zero attached hydrogens (tertiary/aromatic N) is 1. The molecule has 0 bridgehead atoms. The van der Waals surface area contributed by atoms with Gasteiger partial charge >= 0.3 is 0 Å².